The average molecular weight is 303 g/mol. The van der Waals surface area contributed by atoms with Crippen LogP contribution in [-0.4, -0.2) is 27.4 Å². The summed E-state index contributed by atoms with van der Waals surface area (Å²) in [6, 6.07) is 10.9. The van der Waals surface area contributed by atoms with Gasteiger partial charge >= 0.3 is 0 Å². The highest BCUT2D eigenvalue weighted by Crippen LogP contribution is 2.13. The summed E-state index contributed by atoms with van der Waals surface area (Å²) < 4.78 is 2.68. The normalized spacial score (nSPS) is 22.3. The third-order valence-electron chi connectivity index (χ3n) is 4.46. The Morgan fingerprint density at radius 2 is 2.14 bits per heavy atom. The molecule has 2 atom stereocenters. The molecule has 0 radical (unpaired) electrons. The highest BCUT2D eigenvalue weighted by molar-refractivity contribution is 7.71. The third-order valence-corrected chi connectivity index (χ3v) is 4.77. The van der Waals surface area contributed by atoms with Crippen molar-refractivity contribution in [2.45, 2.75) is 45.3 Å². The molecule has 1 fully saturated rings. The van der Waals surface area contributed by atoms with Crippen molar-refractivity contribution < 1.29 is 4.90 Å². The smallest absolute Gasteiger partial charge is 0.221 e. The van der Waals surface area contributed by atoms with E-state index in [-0.39, 0.29) is 0 Å². The number of hydrogen-bond acceptors (Lipinski definition) is 2. The molecule has 1 saturated heterocycles. The summed E-state index contributed by atoms with van der Waals surface area (Å²) in [5, 5.41) is 3.37. The maximum atomic E-state index is 5.42. The van der Waals surface area contributed by atoms with E-state index >= 15 is 0 Å². The van der Waals surface area contributed by atoms with Gasteiger partial charge in [0.05, 0.1) is 12.6 Å². The SMILES string of the molecule is CC[C@@H]1CCCC[NH+]1Cn1[nH]c(-c2ccccc2)nc1=S. The van der Waals surface area contributed by atoms with Gasteiger partial charge in [-0.25, -0.2) is 4.68 Å². The van der Waals surface area contributed by atoms with E-state index in [9.17, 15) is 0 Å². The maximum Gasteiger partial charge on any atom is 0.221 e. The summed E-state index contributed by atoms with van der Waals surface area (Å²) in [5.41, 5.74) is 1.09. The van der Waals surface area contributed by atoms with E-state index in [4.69, 9.17) is 12.2 Å². The molecule has 1 aromatic heterocycles. The number of nitrogens with one attached hydrogen (secondary N) is 2. The van der Waals surface area contributed by atoms with Crippen LogP contribution in [0.3, 0.4) is 0 Å². The van der Waals surface area contributed by atoms with Crippen molar-refractivity contribution in [2.75, 3.05) is 6.54 Å². The van der Waals surface area contributed by atoms with Crippen LogP contribution in [0, 0.1) is 4.77 Å². The number of benzene rings is 1. The Labute approximate surface area is 130 Å². The summed E-state index contributed by atoms with van der Waals surface area (Å²) >= 11 is 5.42. The quantitative estimate of drug-likeness (QED) is 0.851. The molecule has 3 rings (SSSR count). The van der Waals surface area contributed by atoms with Gasteiger partial charge in [0.15, 0.2) is 12.5 Å². The van der Waals surface area contributed by atoms with Crippen LogP contribution in [0.4, 0.5) is 0 Å². The molecule has 2 N–H and O–H groups in total. The van der Waals surface area contributed by atoms with Crippen molar-refractivity contribution in [2.24, 2.45) is 0 Å². The van der Waals surface area contributed by atoms with Gasteiger partial charge in [-0.3, -0.25) is 5.10 Å². The van der Waals surface area contributed by atoms with Gasteiger partial charge < -0.3 is 4.90 Å². The van der Waals surface area contributed by atoms with Crippen LogP contribution < -0.4 is 4.90 Å². The molecule has 112 valence electrons. The number of likely N-dealkylation sites (tertiary alicyclic amines) is 1. The van der Waals surface area contributed by atoms with Gasteiger partial charge in [0.1, 0.15) is 0 Å². The Balaban J connectivity index is 1.80. The van der Waals surface area contributed by atoms with Crippen LogP contribution in [0.1, 0.15) is 32.6 Å². The lowest BCUT2D eigenvalue weighted by molar-refractivity contribution is -0.953. The van der Waals surface area contributed by atoms with Gasteiger partial charge in [0, 0.05) is 5.56 Å². The number of H-pyrrole nitrogens is 1. The summed E-state index contributed by atoms with van der Waals surface area (Å²) in [7, 11) is 0. The second kappa shape index (κ2) is 6.54. The zero-order valence-corrected chi connectivity index (χ0v) is 13.3. The first-order valence-corrected chi connectivity index (χ1v) is 8.25. The van der Waals surface area contributed by atoms with E-state index in [0.717, 1.165) is 24.1 Å². The molecule has 0 saturated carbocycles. The van der Waals surface area contributed by atoms with Gasteiger partial charge in [0.25, 0.3) is 0 Å². The van der Waals surface area contributed by atoms with Gasteiger partial charge in [-0.05, 0) is 37.9 Å². The van der Waals surface area contributed by atoms with Crippen LogP contribution >= 0.6 is 12.2 Å². The van der Waals surface area contributed by atoms with Crippen LogP contribution in [0.2, 0.25) is 0 Å². The molecule has 0 spiro atoms. The fourth-order valence-electron chi connectivity index (χ4n) is 3.24. The Hall–Kier alpha value is -1.46. The molecule has 4 nitrogen and oxygen atoms in total. The van der Waals surface area contributed by atoms with Crippen molar-refractivity contribution in [1.29, 1.82) is 0 Å². The fraction of sp³-hybridized carbons (Fsp3) is 0.500. The highest BCUT2D eigenvalue weighted by Gasteiger charge is 2.25. The number of aromatic amines is 1. The van der Waals surface area contributed by atoms with Crippen molar-refractivity contribution in [1.82, 2.24) is 14.8 Å². The topological polar surface area (TPSA) is 38.0 Å². The second-order valence-electron chi connectivity index (χ2n) is 5.82. The van der Waals surface area contributed by atoms with Crippen molar-refractivity contribution in [3.05, 3.63) is 35.1 Å². The first-order chi connectivity index (χ1) is 10.3. The molecule has 1 aliphatic rings. The molecule has 2 heterocycles. The number of hydrogen-bond donors (Lipinski definition) is 2. The zero-order valence-electron chi connectivity index (χ0n) is 12.5. The fourth-order valence-corrected chi connectivity index (χ4v) is 3.45. The van der Waals surface area contributed by atoms with Gasteiger partial charge in [-0.2, -0.15) is 4.98 Å². The molecule has 5 heteroatoms. The van der Waals surface area contributed by atoms with Crippen LogP contribution in [0.25, 0.3) is 11.4 Å². The predicted molar refractivity (Wildman–Crippen MR) is 86.6 cm³/mol. The van der Waals surface area contributed by atoms with E-state index in [1.54, 1.807) is 4.90 Å². The monoisotopic (exact) mass is 303 g/mol. The maximum absolute atomic E-state index is 5.42. The summed E-state index contributed by atoms with van der Waals surface area (Å²) in [6.07, 6.45) is 5.26. The summed E-state index contributed by atoms with van der Waals surface area (Å²) in [6.45, 7) is 4.43. The molecule has 2 aromatic rings. The number of rotatable bonds is 4. The minimum Gasteiger partial charge on any atom is -0.314 e. The summed E-state index contributed by atoms with van der Waals surface area (Å²) in [5.74, 6) is 0.866. The van der Waals surface area contributed by atoms with Crippen molar-refractivity contribution in [3.63, 3.8) is 0 Å². The average Bonchev–Trinajstić information content (AvgIpc) is 2.90. The second-order valence-corrected chi connectivity index (χ2v) is 6.18. The van der Waals surface area contributed by atoms with E-state index in [0.29, 0.717) is 4.77 Å². The van der Waals surface area contributed by atoms with E-state index < -0.39 is 0 Å². The predicted octanol–water partition coefficient (Wildman–Crippen LogP) is 2.41. The van der Waals surface area contributed by atoms with Crippen LogP contribution in [0.5, 0.6) is 0 Å². The number of aromatic nitrogens is 3. The first kappa shape index (κ1) is 14.5. The van der Waals surface area contributed by atoms with Crippen LogP contribution in [-0.2, 0) is 6.67 Å². The molecular weight excluding hydrogens is 280 g/mol. The van der Waals surface area contributed by atoms with Crippen molar-refractivity contribution in [3.8, 4) is 11.4 Å². The minimum atomic E-state index is 0.654. The largest absolute Gasteiger partial charge is 0.314 e. The van der Waals surface area contributed by atoms with Crippen molar-refractivity contribution >= 4 is 12.2 Å². The lowest BCUT2D eigenvalue weighted by Gasteiger charge is -2.31. The lowest BCUT2D eigenvalue weighted by Crippen LogP contribution is -3.15. The number of piperidine rings is 1. The molecule has 1 aliphatic heterocycles. The first-order valence-electron chi connectivity index (χ1n) is 7.84. The summed E-state index contributed by atoms with van der Waals surface area (Å²) in [4.78, 5) is 6.13. The van der Waals surface area contributed by atoms with E-state index in [1.165, 1.54) is 32.2 Å². The minimum absolute atomic E-state index is 0.654. The van der Waals surface area contributed by atoms with Gasteiger partial charge in [-0.1, -0.05) is 37.3 Å². The molecule has 1 aromatic carbocycles. The Bertz CT molecular complexity index is 631. The zero-order chi connectivity index (χ0) is 14.7. The van der Waals surface area contributed by atoms with Gasteiger partial charge in [0.2, 0.25) is 4.77 Å². The van der Waals surface area contributed by atoms with Crippen LogP contribution in [0.15, 0.2) is 30.3 Å². The van der Waals surface area contributed by atoms with E-state index in [2.05, 4.69) is 29.1 Å². The number of nitrogens with zero attached hydrogens (tertiary/aromatic N) is 2. The molecular formula is C16H23N4S+. The Morgan fingerprint density at radius 3 is 2.90 bits per heavy atom. The molecule has 21 heavy (non-hydrogen) atoms. The third kappa shape index (κ3) is 3.24. The van der Waals surface area contributed by atoms with Gasteiger partial charge in [-0.15, -0.1) is 0 Å². The Morgan fingerprint density at radius 1 is 1.33 bits per heavy atom. The standard InChI is InChI=1S/C16H22N4S/c1-2-14-10-6-7-11-19(14)12-20-16(21)17-15(18-20)13-8-4-3-5-9-13/h3-5,8-9,14H,2,6-7,10-12H2,1H3,(H,17,18,21)/p+1/t14-/m1/s1. The highest BCUT2D eigenvalue weighted by atomic mass is 32.1. The Kier molecular flexibility index (Phi) is 4.51. The molecule has 0 amide bonds. The molecule has 0 bridgehead atoms. The van der Waals surface area contributed by atoms with E-state index in [1.807, 2.05) is 22.9 Å². The molecule has 1 unspecified atom stereocenters. The molecule has 0 aliphatic carbocycles. The lowest BCUT2D eigenvalue weighted by atomic mass is 10.0. The number of quaternary nitrogens is 1.